The molecule has 0 unspecified atom stereocenters. The van der Waals surface area contributed by atoms with Crippen molar-refractivity contribution in [2.45, 2.75) is 13.5 Å². The predicted molar refractivity (Wildman–Crippen MR) is 74.2 cm³/mol. The molecular weight excluding hydrogens is 264 g/mol. The molecule has 0 radical (unpaired) electrons. The van der Waals surface area contributed by atoms with Crippen LogP contribution in [0.2, 0.25) is 0 Å². The topological polar surface area (TPSA) is 82.6 Å². The van der Waals surface area contributed by atoms with Gasteiger partial charge in [0, 0.05) is 6.54 Å². The van der Waals surface area contributed by atoms with E-state index in [0.29, 0.717) is 22.4 Å². The van der Waals surface area contributed by atoms with Crippen molar-refractivity contribution < 1.29 is 14.2 Å². The van der Waals surface area contributed by atoms with Crippen LogP contribution in [0.1, 0.15) is 6.92 Å². The first-order valence-corrected chi connectivity index (χ1v) is 6.04. The molecule has 0 bridgehead atoms. The van der Waals surface area contributed by atoms with Crippen LogP contribution >= 0.6 is 0 Å². The molecule has 0 fully saturated rings. The molecule has 0 spiro atoms. The summed E-state index contributed by atoms with van der Waals surface area (Å²) in [5.41, 5.74) is -0.592. The van der Waals surface area contributed by atoms with Gasteiger partial charge in [0.15, 0.2) is 11.5 Å². The number of hydrogen-bond acceptors (Lipinski definition) is 5. The molecule has 0 aliphatic heterocycles. The summed E-state index contributed by atoms with van der Waals surface area (Å²) in [4.78, 5) is 26.8. The molecule has 2 aromatic rings. The largest absolute Gasteiger partial charge is 0.493 e. The number of nitrogens with zero attached hydrogens (tertiary/aromatic N) is 1. The number of nitrogens with one attached hydrogen (secondary N) is 1. The maximum absolute atomic E-state index is 12.3. The SMILES string of the molecule is CCn1c(=O)[nH]c2c(OC)c(OC)c(OC)cc2c1=O. The molecule has 1 aromatic carbocycles. The Hall–Kier alpha value is -2.44. The molecule has 108 valence electrons. The number of fused-ring (bicyclic) bond motifs is 1. The summed E-state index contributed by atoms with van der Waals surface area (Å²) in [7, 11) is 4.35. The average Bonchev–Trinajstić information content (AvgIpc) is 2.45. The van der Waals surface area contributed by atoms with Crippen molar-refractivity contribution in [1.82, 2.24) is 9.55 Å². The van der Waals surface area contributed by atoms with E-state index in [1.807, 2.05) is 0 Å². The summed E-state index contributed by atoms with van der Waals surface area (Å²) in [5, 5.41) is 0.306. The van der Waals surface area contributed by atoms with Gasteiger partial charge in [0.2, 0.25) is 5.75 Å². The Bertz CT molecular complexity index is 760. The van der Waals surface area contributed by atoms with E-state index in [1.165, 1.54) is 27.4 Å². The van der Waals surface area contributed by atoms with Gasteiger partial charge in [-0.2, -0.15) is 0 Å². The highest BCUT2D eigenvalue weighted by atomic mass is 16.5. The van der Waals surface area contributed by atoms with Crippen molar-refractivity contribution in [2.24, 2.45) is 0 Å². The zero-order valence-corrected chi connectivity index (χ0v) is 11.8. The third kappa shape index (κ3) is 1.91. The summed E-state index contributed by atoms with van der Waals surface area (Å²) in [6.07, 6.45) is 0. The molecule has 2 rings (SSSR count). The molecule has 0 aliphatic carbocycles. The van der Waals surface area contributed by atoms with E-state index in [1.54, 1.807) is 6.92 Å². The second-order valence-electron chi connectivity index (χ2n) is 4.05. The first-order chi connectivity index (χ1) is 9.58. The van der Waals surface area contributed by atoms with Crippen molar-refractivity contribution in [2.75, 3.05) is 21.3 Å². The molecule has 1 aromatic heterocycles. The van der Waals surface area contributed by atoms with Crippen molar-refractivity contribution >= 4 is 10.9 Å². The van der Waals surface area contributed by atoms with Crippen LogP contribution in [0.25, 0.3) is 10.9 Å². The first-order valence-electron chi connectivity index (χ1n) is 6.04. The number of ether oxygens (including phenoxy) is 3. The van der Waals surface area contributed by atoms with E-state index in [4.69, 9.17) is 14.2 Å². The van der Waals surface area contributed by atoms with Gasteiger partial charge in [-0.25, -0.2) is 4.79 Å². The number of rotatable bonds is 4. The smallest absolute Gasteiger partial charge is 0.328 e. The Morgan fingerprint density at radius 3 is 2.25 bits per heavy atom. The van der Waals surface area contributed by atoms with E-state index in [-0.39, 0.29) is 12.3 Å². The average molecular weight is 280 g/mol. The summed E-state index contributed by atoms with van der Waals surface area (Å²) in [5.74, 6) is 0.953. The molecule has 7 nitrogen and oxygen atoms in total. The Kier molecular flexibility index (Phi) is 3.69. The highest BCUT2D eigenvalue weighted by molar-refractivity contribution is 5.89. The monoisotopic (exact) mass is 280 g/mol. The maximum Gasteiger partial charge on any atom is 0.328 e. The summed E-state index contributed by atoms with van der Waals surface area (Å²) < 4.78 is 16.8. The lowest BCUT2D eigenvalue weighted by molar-refractivity contribution is 0.326. The van der Waals surface area contributed by atoms with Gasteiger partial charge in [0.1, 0.15) is 5.52 Å². The zero-order valence-electron chi connectivity index (χ0n) is 11.8. The Morgan fingerprint density at radius 1 is 1.10 bits per heavy atom. The lowest BCUT2D eigenvalue weighted by Gasteiger charge is -2.14. The second-order valence-corrected chi connectivity index (χ2v) is 4.05. The van der Waals surface area contributed by atoms with Gasteiger partial charge in [-0.1, -0.05) is 0 Å². The van der Waals surface area contributed by atoms with Gasteiger partial charge < -0.3 is 19.2 Å². The van der Waals surface area contributed by atoms with Gasteiger partial charge in [0.05, 0.1) is 26.7 Å². The van der Waals surface area contributed by atoms with E-state index in [9.17, 15) is 9.59 Å². The summed E-state index contributed by atoms with van der Waals surface area (Å²) >= 11 is 0. The van der Waals surface area contributed by atoms with Crippen LogP contribution in [0.3, 0.4) is 0 Å². The molecule has 0 amide bonds. The lowest BCUT2D eigenvalue weighted by Crippen LogP contribution is -2.34. The van der Waals surface area contributed by atoms with Gasteiger partial charge in [-0.3, -0.25) is 9.36 Å². The van der Waals surface area contributed by atoms with Crippen molar-refractivity contribution in [3.8, 4) is 17.2 Å². The number of benzene rings is 1. The lowest BCUT2D eigenvalue weighted by atomic mass is 10.2. The van der Waals surface area contributed by atoms with E-state index < -0.39 is 11.2 Å². The van der Waals surface area contributed by atoms with Crippen LogP contribution in [0.5, 0.6) is 17.2 Å². The quantitative estimate of drug-likeness (QED) is 0.893. The van der Waals surface area contributed by atoms with Crippen molar-refractivity contribution in [3.63, 3.8) is 0 Å². The van der Waals surface area contributed by atoms with Crippen LogP contribution < -0.4 is 25.5 Å². The van der Waals surface area contributed by atoms with Crippen LogP contribution in [0, 0.1) is 0 Å². The fraction of sp³-hybridized carbons (Fsp3) is 0.385. The van der Waals surface area contributed by atoms with Crippen LogP contribution in [0.4, 0.5) is 0 Å². The Labute approximate surface area is 114 Å². The molecule has 1 heterocycles. The molecule has 0 atom stereocenters. The van der Waals surface area contributed by atoms with Crippen molar-refractivity contribution in [3.05, 3.63) is 26.9 Å². The standard InChI is InChI=1S/C13H16N2O5/c1-5-15-12(16)7-6-8(18-2)10(19-3)11(20-4)9(7)14-13(15)17/h6H,5H2,1-4H3,(H,14,17). The second kappa shape index (κ2) is 5.28. The zero-order chi connectivity index (χ0) is 14.9. The van der Waals surface area contributed by atoms with Crippen LogP contribution in [0.15, 0.2) is 15.7 Å². The minimum absolute atomic E-state index is 0.263. The predicted octanol–water partition coefficient (Wildman–Crippen LogP) is 0.736. The van der Waals surface area contributed by atoms with Gasteiger partial charge in [0.25, 0.3) is 5.56 Å². The number of hydrogen-bond donors (Lipinski definition) is 1. The number of methoxy groups -OCH3 is 3. The molecule has 0 saturated carbocycles. The molecule has 7 heteroatoms. The van der Waals surface area contributed by atoms with Gasteiger partial charge in [-0.05, 0) is 13.0 Å². The molecule has 0 saturated heterocycles. The number of H-pyrrole nitrogens is 1. The Balaban J connectivity index is 3.03. The molecule has 20 heavy (non-hydrogen) atoms. The van der Waals surface area contributed by atoms with E-state index in [0.717, 1.165) is 4.57 Å². The van der Waals surface area contributed by atoms with Gasteiger partial charge >= 0.3 is 5.69 Å². The summed E-state index contributed by atoms with van der Waals surface area (Å²) in [6, 6.07) is 1.53. The van der Waals surface area contributed by atoms with E-state index in [2.05, 4.69) is 4.98 Å². The van der Waals surface area contributed by atoms with E-state index >= 15 is 0 Å². The normalized spacial score (nSPS) is 10.6. The first kappa shape index (κ1) is 14.0. The third-order valence-corrected chi connectivity index (χ3v) is 3.10. The third-order valence-electron chi connectivity index (χ3n) is 3.10. The Morgan fingerprint density at radius 2 is 1.75 bits per heavy atom. The molecule has 1 N–H and O–H groups in total. The fourth-order valence-corrected chi connectivity index (χ4v) is 2.15. The minimum atomic E-state index is -0.490. The van der Waals surface area contributed by atoms with Crippen LogP contribution in [-0.2, 0) is 6.54 Å². The highest BCUT2D eigenvalue weighted by Crippen LogP contribution is 2.41. The van der Waals surface area contributed by atoms with Crippen LogP contribution in [-0.4, -0.2) is 30.9 Å². The number of aromatic nitrogens is 2. The van der Waals surface area contributed by atoms with Gasteiger partial charge in [-0.15, -0.1) is 0 Å². The maximum atomic E-state index is 12.3. The fourth-order valence-electron chi connectivity index (χ4n) is 2.15. The number of aromatic amines is 1. The molecule has 0 aliphatic rings. The highest BCUT2D eigenvalue weighted by Gasteiger charge is 2.19. The van der Waals surface area contributed by atoms with Crippen molar-refractivity contribution in [1.29, 1.82) is 0 Å². The summed E-state index contributed by atoms with van der Waals surface area (Å²) in [6.45, 7) is 2.00. The minimum Gasteiger partial charge on any atom is -0.493 e. The molecular formula is C13H16N2O5.